The predicted octanol–water partition coefficient (Wildman–Crippen LogP) is 2.83. The normalized spacial score (nSPS) is 11.6. The summed E-state index contributed by atoms with van der Waals surface area (Å²) in [5.74, 6) is -1.43. The summed E-state index contributed by atoms with van der Waals surface area (Å²) in [6.07, 6.45) is -0.0989. The molecular weight excluding hydrogens is 360 g/mol. The van der Waals surface area contributed by atoms with Crippen LogP contribution in [0.25, 0.3) is 0 Å². The number of esters is 1. The molecule has 0 spiro atoms. The summed E-state index contributed by atoms with van der Waals surface area (Å²) in [5.41, 5.74) is 2.66. The molecule has 2 rings (SSSR count). The van der Waals surface area contributed by atoms with Crippen molar-refractivity contribution in [2.75, 3.05) is 6.61 Å². The number of carbonyl (C=O) groups is 4. The SMILES string of the molecule is CC(=O)N[C@@H](CC(=O)OCC(=O)c1[nH]c(C)c(C(C)=O)c1C)c1ccccc1. The molecule has 1 amide bonds. The average Bonchev–Trinajstić information content (AvgIpc) is 2.94. The van der Waals surface area contributed by atoms with Crippen molar-refractivity contribution in [2.24, 2.45) is 0 Å². The fourth-order valence-corrected chi connectivity index (χ4v) is 3.18. The molecular formula is C21H24N2O5. The van der Waals surface area contributed by atoms with Crippen LogP contribution < -0.4 is 5.32 Å². The summed E-state index contributed by atoms with van der Waals surface area (Å²) < 4.78 is 5.11. The van der Waals surface area contributed by atoms with Gasteiger partial charge in [0.25, 0.3) is 0 Å². The van der Waals surface area contributed by atoms with Crippen LogP contribution in [0.2, 0.25) is 0 Å². The van der Waals surface area contributed by atoms with Gasteiger partial charge in [0.1, 0.15) is 0 Å². The van der Waals surface area contributed by atoms with Gasteiger partial charge in [-0.25, -0.2) is 0 Å². The molecule has 0 aliphatic carbocycles. The monoisotopic (exact) mass is 384 g/mol. The lowest BCUT2D eigenvalue weighted by Crippen LogP contribution is -2.29. The van der Waals surface area contributed by atoms with E-state index in [1.54, 1.807) is 26.0 Å². The van der Waals surface area contributed by atoms with E-state index in [2.05, 4.69) is 10.3 Å². The number of rotatable bonds is 8. The molecule has 7 heteroatoms. The Morgan fingerprint density at radius 1 is 1.07 bits per heavy atom. The van der Waals surface area contributed by atoms with Crippen LogP contribution in [0.3, 0.4) is 0 Å². The largest absolute Gasteiger partial charge is 0.457 e. The Kier molecular flexibility index (Phi) is 6.87. The Morgan fingerprint density at radius 2 is 1.71 bits per heavy atom. The number of amides is 1. The lowest BCUT2D eigenvalue weighted by atomic mass is 10.0. The molecule has 1 aromatic carbocycles. The quantitative estimate of drug-likeness (QED) is 0.538. The van der Waals surface area contributed by atoms with Gasteiger partial charge in [0.05, 0.1) is 18.2 Å². The smallest absolute Gasteiger partial charge is 0.308 e. The van der Waals surface area contributed by atoms with E-state index in [1.165, 1.54) is 13.8 Å². The van der Waals surface area contributed by atoms with Crippen LogP contribution in [0.4, 0.5) is 0 Å². The van der Waals surface area contributed by atoms with Crippen LogP contribution in [0.15, 0.2) is 30.3 Å². The number of aromatic nitrogens is 1. The van der Waals surface area contributed by atoms with Gasteiger partial charge in [-0.3, -0.25) is 19.2 Å². The first-order valence-electron chi connectivity index (χ1n) is 8.91. The van der Waals surface area contributed by atoms with Gasteiger partial charge in [-0.1, -0.05) is 30.3 Å². The first-order valence-corrected chi connectivity index (χ1v) is 8.91. The van der Waals surface area contributed by atoms with E-state index in [1.807, 2.05) is 18.2 Å². The summed E-state index contributed by atoms with van der Waals surface area (Å²) in [6.45, 7) is 5.75. The molecule has 2 N–H and O–H groups in total. The van der Waals surface area contributed by atoms with E-state index in [0.717, 1.165) is 5.56 Å². The molecule has 7 nitrogen and oxygen atoms in total. The Labute approximate surface area is 163 Å². The molecule has 148 valence electrons. The lowest BCUT2D eigenvalue weighted by molar-refractivity contribution is -0.143. The Balaban J connectivity index is 2.02. The minimum atomic E-state index is -0.608. The summed E-state index contributed by atoms with van der Waals surface area (Å²) in [7, 11) is 0. The molecule has 0 radical (unpaired) electrons. The first-order chi connectivity index (χ1) is 13.2. The van der Waals surface area contributed by atoms with Crippen LogP contribution in [-0.4, -0.2) is 35.0 Å². The van der Waals surface area contributed by atoms with Crippen molar-refractivity contribution in [1.29, 1.82) is 0 Å². The first kappa shape index (κ1) is 21.1. The topological polar surface area (TPSA) is 105 Å². The second kappa shape index (κ2) is 9.12. The number of ketones is 2. The number of nitrogens with one attached hydrogen (secondary N) is 2. The Morgan fingerprint density at radius 3 is 2.25 bits per heavy atom. The average molecular weight is 384 g/mol. The number of hydrogen-bond donors (Lipinski definition) is 2. The van der Waals surface area contributed by atoms with Crippen LogP contribution in [0.5, 0.6) is 0 Å². The van der Waals surface area contributed by atoms with E-state index in [-0.39, 0.29) is 23.8 Å². The zero-order valence-corrected chi connectivity index (χ0v) is 16.4. The third-order valence-electron chi connectivity index (χ3n) is 4.38. The summed E-state index contributed by atoms with van der Waals surface area (Å²) >= 11 is 0. The highest BCUT2D eigenvalue weighted by Gasteiger charge is 2.22. The summed E-state index contributed by atoms with van der Waals surface area (Å²) in [4.78, 5) is 50.6. The molecule has 0 saturated heterocycles. The van der Waals surface area contributed by atoms with Gasteiger partial charge in [0.2, 0.25) is 11.7 Å². The van der Waals surface area contributed by atoms with Gasteiger partial charge in [-0.05, 0) is 31.9 Å². The minimum absolute atomic E-state index is 0.0989. The maximum Gasteiger partial charge on any atom is 0.308 e. The molecule has 1 heterocycles. The third kappa shape index (κ3) is 5.16. The van der Waals surface area contributed by atoms with Crippen LogP contribution in [-0.2, 0) is 14.3 Å². The molecule has 0 unspecified atom stereocenters. The van der Waals surface area contributed by atoms with Crippen molar-refractivity contribution < 1.29 is 23.9 Å². The Bertz CT molecular complexity index is 899. The van der Waals surface area contributed by atoms with E-state index in [4.69, 9.17) is 4.74 Å². The molecule has 0 saturated carbocycles. The fourth-order valence-electron chi connectivity index (χ4n) is 3.18. The van der Waals surface area contributed by atoms with Crippen molar-refractivity contribution in [3.8, 4) is 0 Å². The van der Waals surface area contributed by atoms with Crippen molar-refractivity contribution in [2.45, 2.75) is 40.2 Å². The van der Waals surface area contributed by atoms with Gasteiger partial charge in [-0.15, -0.1) is 0 Å². The molecule has 0 fully saturated rings. The molecule has 2 aromatic rings. The highest BCUT2D eigenvalue weighted by atomic mass is 16.5. The zero-order chi connectivity index (χ0) is 20.8. The molecule has 1 aromatic heterocycles. The fraction of sp³-hybridized carbons (Fsp3) is 0.333. The number of benzene rings is 1. The molecule has 0 aliphatic rings. The number of aromatic amines is 1. The number of hydrogen-bond acceptors (Lipinski definition) is 5. The van der Waals surface area contributed by atoms with Crippen LogP contribution >= 0.6 is 0 Å². The molecule has 0 bridgehead atoms. The highest BCUT2D eigenvalue weighted by Crippen LogP contribution is 2.20. The number of Topliss-reactive ketones (excluding diaryl/α,β-unsaturated/α-hetero) is 2. The highest BCUT2D eigenvalue weighted by molar-refractivity contribution is 6.04. The number of aryl methyl sites for hydroxylation is 1. The maximum atomic E-state index is 12.4. The van der Waals surface area contributed by atoms with E-state index < -0.39 is 24.4 Å². The molecule has 1 atom stereocenters. The number of H-pyrrole nitrogens is 1. The molecule has 0 aliphatic heterocycles. The second-order valence-electron chi connectivity index (χ2n) is 6.63. The predicted molar refractivity (Wildman–Crippen MR) is 103 cm³/mol. The number of ether oxygens (including phenoxy) is 1. The molecule has 28 heavy (non-hydrogen) atoms. The van der Waals surface area contributed by atoms with Crippen LogP contribution in [0.1, 0.15) is 64.0 Å². The van der Waals surface area contributed by atoms with E-state index in [0.29, 0.717) is 16.8 Å². The minimum Gasteiger partial charge on any atom is -0.457 e. The standard InChI is InChI=1S/C21H24N2O5/c1-12-20(14(3)24)13(2)22-21(12)18(26)11-28-19(27)10-17(23-15(4)25)16-8-6-5-7-9-16/h5-9,17,22H,10-11H2,1-4H3,(H,23,25)/t17-/m0/s1. The Hall–Kier alpha value is -3.22. The van der Waals surface area contributed by atoms with E-state index >= 15 is 0 Å². The van der Waals surface area contributed by atoms with Gasteiger partial charge in [0.15, 0.2) is 12.4 Å². The summed E-state index contributed by atoms with van der Waals surface area (Å²) in [5, 5.41) is 2.71. The van der Waals surface area contributed by atoms with Crippen LogP contribution in [0, 0.1) is 13.8 Å². The van der Waals surface area contributed by atoms with Crippen molar-refractivity contribution in [3.05, 3.63) is 58.4 Å². The van der Waals surface area contributed by atoms with Gasteiger partial charge >= 0.3 is 5.97 Å². The number of carbonyl (C=O) groups excluding carboxylic acids is 4. The van der Waals surface area contributed by atoms with Gasteiger partial charge in [-0.2, -0.15) is 0 Å². The van der Waals surface area contributed by atoms with Gasteiger partial charge in [0, 0.05) is 18.2 Å². The van der Waals surface area contributed by atoms with Crippen molar-refractivity contribution in [3.63, 3.8) is 0 Å². The van der Waals surface area contributed by atoms with Gasteiger partial charge < -0.3 is 15.0 Å². The van der Waals surface area contributed by atoms with Crippen molar-refractivity contribution >= 4 is 23.4 Å². The second-order valence-corrected chi connectivity index (χ2v) is 6.63. The lowest BCUT2D eigenvalue weighted by Gasteiger charge is -2.17. The maximum absolute atomic E-state index is 12.4. The van der Waals surface area contributed by atoms with Crippen molar-refractivity contribution in [1.82, 2.24) is 10.3 Å². The third-order valence-corrected chi connectivity index (χ3v) is 4.38. The zero-order valence-electron chi connectivity index (χ0n) is 16.4. The summed E-state index contributed by atoms with van der Waals surface area (Å²) in [6, 6.07) is 8.51. The van der Waals surface area contributed by atoms with E-state index in [9.17, 15) is 19.2 Å².